The Balaban J connectivity index is 2.11. The highest BCUT2D eigenvalue weighted by Gasteiger charge is 2.22. The fraction of sp³-hybridized carbons (Fsp3) is 0.188. The fourth-order valence-electron chi connectivity index (χ4n) is 1.85. The fourth-order valence-corrected chi connectivity index (χ4v) is 2.95. The summed E-state index contributed by atoms with van der Waals surface area (Å²) in [7, 11) is -0.126. The summed E-state index contributed by atoms with van der Waals surface area (Å²) in [6, 6.07) is 9.59. The second-order valence-corrected chi connectivity index (χ2v) is 6.51. The van der Waals surface area contributed by atoms with Crippen LogP contribution in [0.1, 0.15) is 6.92 Å². The molecule has 2 aromatic carbocycles. The molecule has 0 fully saturated rings. The number of carbonyl (C=O) groups is 1. The van der Waals surface area contributed by atoms with Gasteiger partial charge in [-0.05, 0) is 37.3 Å². The van der Waals surface area contributed by atoms with Crippen molar-refractivity contribution in [3.05, 3.63) is 54.1 Å². The first-order valence-electron chi connectivity index (χ1n) is 6.73. The van der Waals surface area contributed by atoms with E-state index in [-0.39, 0.29) is 5.69 Å². The highest BCUT2D eigenvalue weighted by atomic mass is 32.2. The van der Waals surface area contributed by atoms with Gasteiger partial charge in [-0.2, -0.15) is 0 Å². The zero-order valence-corrected chi connectivity index (χ0v) is 13.3. The molecule has 2 rings (SSSR count). The summed E-state index contributed by atoms with van der Waals surface area (Å²) in [6.45, 7) is 1.49. The number of amides is 1. The minimum absolute atomic E-state index is 0.100. The lowest BCUT2D eigenvalue weighted by molar-refractivity contribution is -0.115. The highest BCUT2D eigenvalue weighted by molar-refractivity contribution is 7.86. The molecule has 1 amide bonds. The minimum Gasteiger partial charge on any atom is -0.497 e. The number of methoxy groups -OCH3 is 1. The van der Waals surface area contributed by atoms with Crippen molar-refractivity contribution < 1.29 is 22.5 Å². The number of benzene rings is 2. The summed E-state index contributed by atoms with van der Waals surface area (Å²) in [5.41, 5.74) is 0.100. The van der Waals surface area contributed by atoms with E-state index in [2.05, 4.69) is 5.32 Å². The molecule has 0 saturated carbocycles. The SMILES string of the molecule is COc1cccc(S(=O)C(C)C(=O)Nc2ccc(F)c(F)c2)c1. The number of rotatable bonds is 5. The Bertz CT molecular complexity index is 752. The topological polar surface area (TPSA) is 55.4 Å². The molecule has 0 aromatic heterocycles. The van der Waals surface area contributed by atoms with Gasteiger partial charge in [-0.15, -0.1) is 0 Å². The Labute approximate surface area is 134 Å². The van der Waals surface area contributed by atoms with Gasteiger partial charge in [0.2, 0.25) is 5.91 Å². The van der Waals surface area contributed by atoms with Gasteiger partial charge < -0.3 is 10.1 Å². The van der Waals surface area contributed by atoms with Crippen LogP contribution in [0.3, 0.4) is 0 Å². The normalized spacial score (nSPS) is 13.2. The zero-order valence-electron chi connectivity index (χ0n) is 12.5. The van der Waals surface area contributed by atoms with Gasteiger partial charge in [0, 0.05) is 16.6 Å². The quantitative estimate of drug-likeness (QED) is 0.911. The van der Waals surface area contributed by atoms with Gasteiger partial charge in [-0.25, -0.2) is 8.78 Å². The first-order chi connectivity index (χ1) is 10.9. The van der Waals surface area contributed by atoms with Crippen LogP contribution in [-0.4, -0.2) is 22.5 Å². The maximum Gasteiger partial charge on any atom is 0.240 e. The van der Waals surface area contributed by atoms with Crippen molar-refractivity contribution in [3.63, 3.8) is 0 Å². The molecule has 0 aliphatic heterocycles. The van der Waals surface area contributed by atoms with Gasteiger partial charge >= 0.3 is 0 Å². The molecule has 0 radical (unpaired) electrons. The summed E-state index contributed by atoms with van der Waals surface area (Å²) in [5, 5.41) is 1.54. The van der Waals surface area contributed by atoms with E-state index < -0.39 is 33.6 Å². The molecule has 122 valence electrons. The minimum atomic E-state index is -1.61. The van der Waals surface area contributed by atoms with Crippen LogP contribution in [0.25, 0.3) is 0 Å². The van der Waals surface area contributed by atoms with Crippen LogP contribution in [0.15, 0.2) is 47.4 Å². The predicted octanol–water partition coefficient (Wildman–Crippen LogP) is 3.11. The van der Waals surface area contributed by atoms with Gasteiger partial charge in [-0.3, -0.25) is 9.00 Å². The lowest BCUT2D eigenvalue weighted by Gasteiger charge is -2.13. The summed E-state index contributed by atoms with van der Waals surface area (Å²) < 4.78 is 43.5. The van der Waals surface area contributed by atoms with Crippen LogP contribution in [0, 0.1) is 11.6 Å². The van der Waals surface area contributed by atoms with Crippen LogP contribution < -0.4 is 10.1 Å². The summed E-state index contributed by atoms with van der Waals surface area (Å²) >= 11 is 0. The highest BCUT2D eigenvalue weighted by Crippen LogP contribution is 2.19. The number of nitrogens with one attached hydrogen (secondary N) is 1. The lowest BCUT2D eigenvalue weighted by Crippen LogP contribution is -2.29. The average Bonchev–Trinajstić information content (AvgIpc) is 2.56. The van der Waals surface area contributed by atoms with Gasteiger partial charge in [0.25, 0.3) is 0 Å². The molecule has 1 N–H and O–H groups in total. The third-order valence-corrected chi connectivity index (χ3v) is 4.73. The zero-order chi connectivity index (χ0) is 17.0. The van der Waals surface area contributed by atoms with Crippen molar-refractivity contribution >= 4 is 22.4 Å². The molecule has 2 atom stereocenters. The van der Waals surface area contributed by atoms with E-state index in [9.17, 15) is 17.8 Å². The van der Waals surface area contributed by atoms with E-state index in [1.807, 2.05) is 0 Å². The third-order valence-electron chi connectivity index (χ3n) is 3.15. The Morgan fingerprint density at radius 1 is 1.17 bits per heavy atom. The first kappa shape index (κ1) is 17.1. The largest absolute Gasteiger partial charge is 0.497 e. The van der Waals surface area contributed by atoms with Crippen molar-refractivity contribution in [3.8, 4) is 5.75 Å². The number of hydrogen-bond donors (Lipinski definition) is 1. The van der Waals surface area contributed by atoms with Gasteiger partial charge in [0.15, 0.2) is 11.6 Å². The molecule has 0 spiro atoms. The van der Waals surface area contributed by atoms with Crippen LogP contribution in [0.4, 0.5) is 14.5 Å². The maximum atomic E-state index is 13.1. The van der Waals surface area contributed by atoms with Gasteiger partial charge in [0.1, 0.15) is 11.0 Å². The van der Waals surface area contributed by atoms with E-state index in [0.29, 0.717) is 10.6 Å². The Hall–Kier alpha value is -2.28. The number of carbonyl (C=O) groups excluding carboxylic acids is 1. The average molecular weight is 339 g/mol. The second-order valence-electron chi connectivity index (χ2n) is 4.74. The standard InChI is InChI=1S/C16H15F2NO3S/c1-10(23(21)13-5-3-4-12(9-13)22-2)16(20)19-11-6-7-14(17)15(18)8-11/h3-10H,1-2H3,(H,19,20). The Morgan fingerprint density at radius 2 is 1.91 bits per heavy atom. The van der Waals surface area contributed by atoms with Crippen molar-refractivity contribution in [1.29, 1.82) is 0 Å². The van der Waals surface area contributed by atoms with E-state index in [0.717, 1.165) is 12.1 Å². The van der Waals surface area contributed by atoms with E-state index in [4.69, 9.17) is 4.74 Å². The van der Waals surface area contributed by atoms with Crippen molar-refractivity contribution in [2.75, 3.05) is 12.4 Å². The number of halogens is 2. The summed E-state index contributed by atoms with van der Waals surface area (Å²) in [4.78, 5) is 12.6. The smallest absolute Gasteiger partial charge is 0.240 e. The molecule has 2 unspecified atom stereocenters. The van der Waals surface area contributed by atoms with Crippen LogP contribution in [0.2, 0.25) is 0 Å². The molecule has 0 saturated heterocycles. The van der Waals surface area contributed by atoms with Crippen LogP contribution >= 0.6 is 0 Å². The van der Waals surface area contributed by atoms with Gasteiger partial charge in [-0.1, -0.05) is 6.07 Å². The molecule has 0 heterocycles. The Kier molecular flexibility index (Phi) is 5.44. The van der Waals surface area contributed by atoms with Gasteiger partial charge in [0.05, 0.1) is 17.9 Å². The van der Waals surface area contributed by atoms with Crippen LogP contribution in [-0.2, 0) is 15.6 Å². The first-order valence-corrected chi connectivity index (χ1v) is 7.94. The van der Waals surface area contributed by atoms with Crippen molar-refractivity contribution in [2.45, 2.75) is 17.1 Å². The van der Waals surface area contributed by atoms with Crippen molar-refractivity contribution in [1.82, 2.24) is 0 Å². The van der Waals surface area contributed by atoms with Crippen LogP contribution in [0.5, 0.6) is 5.75 Å². The molecule has 4 nitrogen and oxygen atoms in total. The summed E-state index contributed by atoms with van der Waals surface area (Å²) in [6.07, 6.45) is 0. The second kappa shape index (κ2) is 7.32. The Morgan fingerprint density at radius 3 is 2.57 bits per heavy atom. The molecule has 0 aliphatic rings. The molecular weight excluding hydrogens is 324 g/mol. The molecule has 2 aromatic rings. The summed E-state index contributed by atoms with van der Waals surface area (Å²) in [5.74, 6) is -2.10. The molecule has 23 heavy (non-hydrogen) atoms. The molecule has 0 aliphatic carbocycles. The number of ether oxygens (including phenoxy) is 1. The van der Waals surface area contributed by atoms with E-state index >= 15 is 0 Å². The van der Waals surface area contributed by atoms with Crippen molar-refractivity contribution in [2.24, 2.45) is 0 Å². The maximum absolute atomic E-state index is 13.1. The van der Waals surface area contributed by atoms with E-state index in [1.54, 1.807) is 24.3 Å². The number of hydrogen-bond acceptors (Lipinski definition) is 3. The lowest BCUT2D eigenvalue weighted by atomic mass is 10.3. The third kappa shape index (κ3) is 4.13. The number of anilines is 1. The molecule has 7 heteroatoms. The molecular formula is C16H15F2NO3S. The molecule has 0 bridgehead atoms. The monoisotopic (exact) mass is 339 g/mol. The predicted molar refractivity (Wildman–Crippen MR) is 83.9 cm³/mol. The van der Waals surface area contributed by atoms with E-state index in [1.165, 1.54) is 20.1 Å².